The van der Waals surface area contributed by atoms with Gasteiger partial charge in [-0.3, -0.25) is 0 Å². The summed E-state index contributed by atoms with van der Waals surface area (Å²) >= 11 is 0. The van der Waals surface area contributed by atoms with Crippen LogP contribution >= 0.6 is 12.4 Å². The molecule has 0 aliphatic carbocycles. The van der Waals surface area contributed by atoms with Crippen LogP contribution in [-0.2, 0) is 10.0 Å². The van der Waals surface area contributed by atoms with Crippen LogP contribution in [0.15, 0.2) is 29.2 Å². The van der Waals surface area contributed by atoms with Crippen LogP contribution in [0.1, 0.15) is 12.8 Å². The lowest BCUT2D eigenvalue weighted by Gasteiger charge is -2.29. The molecule has 1 aliphatic rings. The normalized spacial score (nSPS) is 20.1. The molecule has 5 nitrogen and oxygen atoms in total. The molecule has 1 saturated heterocycles. The highest BCUT2D eigenvalue weighted by atomic mass is 35.5. The van der Waals surface area contributed by atoms with Crippen LogP contribution in [0.5, 0.6) is 5.75 Å². The minimum absolute atomic E-state index is 0. The van der Waals surface area contributed by atoms with Gasteiger partial charge < -0.3 is 10.5 Å². The summed E-state index contributed by atoms with van der Waals surface area (Å²) in [6.07, 6.45) is 1.51. The second-order valence-electron chi connectivity index (χ2n) is 4.62. The van der Waals surface area contributed by atoms with Gasteiger partial charge in [0.2, 0.25) is 10.0 Å². The summed E-state index contributed by atoms with van der Waals surface area (Å²) in [6, 6.07) is 4.77. The molecule has 1 heterocycles. The third-order valence-corrected chi connectivity index (χ3v) is 4.99. The Hall–Kier alpha value is -0.960. The predicted octanol–water partition coefficient (Wildman–Crippen LogP) is 1.82. The quantitative estimate of drug-likeness (QED) is 0.906. The molecule has 1 atom stereocenters. The minimum Gasteiger partial charge on any atom is -0.435 e. The van der Waals surface area contributed by atoms with Crippen molar-refractivity contribution in [1.29, 1.82) is 0 Å². The molecular weight excluding hydrogens is 326 g/mol. The molecule has 0 radical (unpaired) electrons. The van der Waals surface area contributed by atoms with Crippen LogP contribution in [0.4, 0.5) is 8.78 Å². The first-order valence-corrected chi connectivity index (χ1v) is 7.64. The van der Waals surface area contributed by atoms with Crippen molar-refractivity contribution in [3.8, 4) is 5.75 Å². The highest BCUT2D eigenvalue weighted by Gasteiger charge is 2.28. The highest BCUT2D eigenvalue weighted by molar-refractivity contribution is 7.89. The molecule has 2 rings (SSSR count). The Labute approximate surface area is 128 Å². The number of ether oxygens (including phenoxy) is 1. The maximum atomic E-state index is 12.3. The van der Waals surface area contributed by atoms with Gasteiger partial charge in [-0.25, -0.2) is 8.42 Å². The van der Waals surface area contributed by atoms with Gasteiger partial charge in [-0.1, -0.05) is 0 Å². The standard InChI is InChI=1S/C12H16F2N2O3S.ClH/c13-12(14)19-10-3-5-11(6-4-10)20(17,18)16-7-1-2-9(15)8-16;/h3-6,9,12H,1-2,7-8,15H2;1H/t9-;/m1./s1. The van der Waals surface area contributed by atoms with E-state index in [0.29, 0.717) is 13.0 Å². The average molecular weight is 343 g/mol. The molecule has 1 fully saturated rings. The van der Waals surface area contributed by atoms with E-state index in [4.69, 9.17) is 5.73 Å². The molecule has 0 unspecified atom stereocenters. The number of hydrogen-bond acceptors (Lipinski definition) is 4. The third kappa shape index (κ3) is 4.50. The van der Waals surface area contributed by atoms with Crippen molar-refractivity contribution in [2.24, 2.45) is 5.73 Å². The summed E-state index contributed by atoms with van der Waals surface area (Å²) in [5.41, 5.74) is 5.77. The Bertz CT molecular complexity index is 554. The number of nitrogens with two attached hydrogens (primary N) is 1. The van der Waals surface area contributed by atoms with E-state index in [0.717, 1.165) is 6.42 Å². The van der Waals surface area contributed by atoms with Gasteiger partial charge in [0.15, 0.2) is 0 Å². The fourth-order valence-corrected chi connectivity index (χ4v) is 3.67. The number of benzene rings is 1. The van der Waals surface area contributed by atoms with E-state index in [1.807, 2.05) is 0 Å². The van der Waals surface area contributed by atoms with Crippen LogP contribution in [0.3, 0.4) is 0 Å². The maximum Gasteiger partial charge on any atom is 0.387 e. The third-order valence-electron chi connectivity index (χ3n) is 3.11. The van der Waals surface area contributed by atoms with E-state index < -0.39 is 16.6 Å². The van der Waals surface area contributed by atoms with Gasteiger partial charge in [-0.15, -0.1) is 12.4 Å². The molecule has 2 N–H and O–H groups in total. The zero-order chi connectivity index (χ0) is 14.8. The zero-order valence-corrected chi connectivity index (χ0v) is 12.7. The number of hydrogen-bond donors (Lipinski definition) is 1. The Kier molecular flexibility index (Phi) is 6.33. The number of alkyl halides is 2. The monoisotopic (exact) mass is 342 g/mol. The summed E-state index contributed by atoms with van der Waals surface area (Å²) < 4.78 is 54.3. The molecule has 1 aromatic carbocycles. The predicted molar refractivity (Wildman–Crippen MR) is 76.3 cm³/mol. The highest BCUT2D eigenvalue weighted by Crippen LogP contribution is 2.23. The van der Waals surface area contributed by atoms with Crippen LogP contribution < -0.4 is 10.5 Å². The van der Waals surface area contributed by atoms with Crippen molar-refractivity contribution < 1.29 is 21.9 Å². The summed E-state index contributed by atoms with van der Waals surface area (Å²) in [5.74, 6) is -0.0747. The Morgan fingerprint density at radius 1 is 1.29 bits per heavy atom. The number of halogens is 3. The van der Waals surface area contributed by atoms with Crippen molar-refractivity contribution in [2.75, 3.05) is 13.1 Å². The van der Waals surface area contributed by atoms with Crippen LogP contribution in [0, 0.1) is 0 Å². The molecule has 21 heavy (non-hydrogen) atoms. The van der Waals surface area contributed by atoms with Crippen LogP contribution in [0.2, 0.25) is 0 Å². The Morgan fingerprint density at radius 3 is 2.43 bits per heavy atom. The maximum absolute atomic E-state index is 12.3. The van der Waals surface area contributed by atoms with Crippen molar-refractivity contribution in [3.05, 3.63) is 24.3 Å². The summed E-state index contributed by atoms with van der Waals surface area (Å²) in [6.45, 7) is -2.24. The van der Waals surface area contributed by atoms with Crippen molar-refractivity contribution in [2.45, 2.75) is 30.4 Å². The second kappa shape index (κ2) is 7.35. The van der Waals surface area contributed by atoms with Gasteiger partial charge in [-0.05, 0) is 37.1 Å². The lowest BCUT2D eigenvalue weighted by molar-refractivity contribution is -0.0498. The van der Waals surface area contributed by atoms with Gasteiger partial charge in [-0.2, -0.15) is 13.1 Å². The van der Waals surface area contributed by atoms with E-state index in [2.05, 4.69) is 4.74 Å². The minimum atomic E-state index is -3.63. The van der Waals surface area contributed by atoms with E-state index >= 15 is 0 Å². The lowest BCUT2D eigenvalue weighted by atomic mass is 10.1. The molecule has 0 bridgehead atoms. The molecule has 9 heteroatoms. The number of nitrogens with zero attached hydrogens (tertiary/aromatic N) is 1. The summed E-state index contributed by atoms with van der Waals surface area (Å²) in [5, 5.41) is 0. The molecule has 1 aromatic rings. The fraction of sp³-hybridized carbons (Fsp3) is 0.500. The van der Waals surface area contributed by atoms with Gasteiger partial charge in [0.05, 0.1) is 4.90 Å². The smallest absolute Gasteiger partial charge is 0.387 e. The zero-order valence-electron chi connectivity index (χ0n) is 11.1. The van der Waals surface area contributed by atoms with Crippen molar-refractivity contribution in [1.82, 2.24) is 4.31 Å². The van der Waals surface area contributed by atoms with Crippen molar-refractivity contribution >= 4 is 22.4 Å². The van der Waals surface area contributed by atoms with E-state index in [-0.39, 0.29) is 35.6 Å². The first kappa shape index (κ1) is 18.1. The summed E-state index contributed by atoms with van der Waals surface area (Å²) in [7, 11) is -3.63. The number of sulfonamides is 1. The van der Waals surface area contributed by atoms with Crippen LogP contribution in [-0.4, -0.2) is 38.5 Å². The molecular formula is C12H17ClF2N2O3S. The topological polar surface area (TPSA) is 72.6 Å². The van der Waals surface area contributed by atoms with E-state index in [1.54, 1.807) is 0 Å². The molecule has 0 aromatic heterocycles. The Balaban J connectivity index is 0.00000220. The molecule has 120 valence electrons. The molecule has 1 aliphatic heterocycles. The first-order valence-electron chi connectivity index (χ1n) is 6.20. The Morgan fingerprint density at radius 2 is 1.90 bits per heavy atom. The largest absolute Gasteiger partial charge is 0.435 e. The van der Waals surface area contributed by atoms with E-state index in [1.165, 1.54) is 28.6 Å². The van der Waals surface area contributed by atoms with Gasteiger partial charge >= 0.3 is 6.61 Å². The van der Waals surface area contributed by atoms with Gasteiger partial charge in [0.25, 0.3) is 0 Å². The number of piperidine rings is 1. The SMILES string of the molecule is Cl.N[C@@H]1CCCN(S(=O)(=O)c2ccc(OC(F)F)cc2)C1. The van der Waals surface area contributed by atoms with Gasteiger partial charge in [0.1, 0.15) is 5.75 Å². The van der Waals surface area contributed by atoms with Crippen LogP contribution in [0.25, 0.3) is 0 Å². The number of rotatable bonds is 4. The first-order chi connectivity index (χ1) is 9.39. The second-order valence-corrected chi connectivity index (χ2v) is 6.55. The van der Waals surface area contributed by atoms with Gasteiger partial charge in [0, 0.05) is 19.1 Å². The lowest BCUT2D eigenvalue weighted by Crippen LogP contribution is -2.45. The summed E-state index contributed by atoms with van der Waals surface area (Å²) in [4.78, 5) is 0.0493. The average Bonchev–Trinajstić information content (AvgIpc) is 2.38. The van der Waals surface area contributed by atoms with E-state index in [9.17, 15) is 17.2 Å². The van der Waals surface area contributed by atoms with Crippen molar-refractivity contribution in [3.63, 3.8) is 0 Å². The molecule has 0 saturated carbocycles. The molecule has 0 amide bonds. The fourth-order valence-electron chi connectivity index (χ4n) is 2.13. The molecule has 0 spiro atoms.